The van der Waals surface area contributed by atoms with E-state index in [1.807, 2.05) is 48.0 Å². The van der Waals surface area contributed by atoms with Crippen LogP contribution < -0.4 is 4.72 Å². The molecular weight excluding hydrogens is 174 g/mol. The first-order valence-electron chi connectivity index (χ1n) is 3.23. The number of hydrogen-bond acceptors (Lipinski definition) is 3. The van der Waals surface area contributed by atoms with Crippen LogP contribution in [-0.4, -0.2) is 0 Å². The highest BCUT2D eigenvalue weighted by atomic mass is 33.1. The molecule has 1 N–H and O–H groups in total. The number of nitrogens with one attached hydrogen (secondary N) is 1. The van der Waals surface area contributed by atoms with Crippen molar-refractivity contribution in [2.75, 3.05) is 0 Å². The smallest absolute Gasteiger partial charge is 0.0229 e. The molecule has 1 aromatic carbocycles. The lowest BCUT2D eigenvalue weighted by Gasteiger charge is -1.75. The lowest BCUT2D eigenvalue weighted by molar-refractivity contribution is 1.46. The maximum Gasteiger partial charge on any atom is 0.0229 e. The highest BCUT2D eigenvalue weighted by Gasteiger charge is 1.83. The van der Waals surface area contributed by atoms with Gasteiger partial charge in [0.05, 0.1) is 0 Å². The Labute approximate surface area is 74.8 Å². The average molecular weight is 183 g/mol. The molecule has 0 amide bonds. The predicted molar refractivity (Wildman–Crippen MR) is 53.9 cm³/mol. The van der Waals surface area contributed by atoms with E-state index >= 15 is 0 Å². The van der Waals surface area contributed by atoms with E-state index < -0.39 is 0 Å². The Balaban J connectivity index is 0.000000112. The third-order valence-electron chi connectivity index (χ3n) is 0.955. The molecule has 58 valence electrons. The number of benzene rings is 1. The van der Waals surface area contributed by atoms with Crippen molar-refractivity contribution in [3.05, 3.63) is 48.0 Å². The fourth-order valence-corrected chi connectivity index (χ4v) is 1.63. The van der Waals surface area contributed by atoms with Crippen LogP contribution in [0.3, 0.4) is 0 Å². The van der Waals surface area contributed by atoms with E-state index in [9.17, 15) is 0 Å². The molecule has 1 aliphatic rings. The first-order chi connectivity index (χ1) is 5.50. The molecule has 1 heterocycles. The molecule has 1 nitrogen and oxygen atoms in total. The molecule has 0 aliphatic carbocycles. The first-order valence-corrected chi connectivity index (χ1v) is 5.44. The molecule has 1 aliphatic heterocycles. The van der Waals surface area contributed by atoms with Gasteiger partial charge in [-0.25, -0.2) is 0 Å². The second-order valence-corrected chi connectivity index (χ2v) is 3.70. The molecule has 3 heteroatoms. The fraction of sp³-hybridized carbons (Fsp3) is 0. The molecule has 11 heavy (non-hydrogen) atoms. The molecule has 0 bridgehead atoms. The summed E-state index contributed by atoms with van der Waals surface area (Å²) in [5, 5.41) is 2.00. The van der Waals surface area contributed by atoms with Crippen LogP contribution in [0.25, 0.3) is 0 Å². The van der Waals surface area contributed by atoms with Crippen LogP contribution in [0.4, 0.5) is 0 Å². The monoisotopic (exact) mass is 183 g/mol. The molecule has 0 saturated carbocycles. The first kappa shape index (κ1) is 8.56. The largest absolute Gasteiger partial charge is 0.327 e. The van der Waals surface area contributed by atoms with Crippen molar-refractivity contribution in [1.82, 2.24) is 4.72 Å². The van der Waals surface area contributed by atoms with E-state index in [1.54, 1.807) is 21.8 Å². The Kier molecular flexibility index (Phi) is 4.81. The van der Waals surface area contributed by atoms with Gasteiger partial charge in [0.2, 0.25) is 0 Å². The van der Waals surface area contributed by atoms with Crippen LogP contribution in [-0.2, 0) is 0 Å². The summed E-state index contributed by atoms with van der Waals surface area (Å²) in [6, 6.07) is 12.0. The Morgan fingerprint density at radius 1 is 0.818 bits per heavy atom. The highest BCUT2D eigenvalue weighted by molar-refractivity contribution is 8.77. The van der Waals surface area contributed by atoms with Crippen LogP contribution in [0.15, 0.2) is 48.0 Å². The topological polar surface area (TPSA) is 12.0 Å². The lowest BCUT2D eigenvalue weighted by atomic mass is 10.4. The van der Waals surface area contributed by atoms with Gasteiger partial charge >= 0.3 is 0 Å². The SMILES string of the molecule is C1=CSSN1.c1ccccc1. The van der Waals surface area contributed by atoms with E-state index in [-0.39, 0.29) is 0 Å². The molecule has 0 aromatic heterocycles. The molecule has 0 unspecified atom stereocenters. The molecule has 2 rings (SSSR count). The van der Waals surface area contributed by atoms with Gasteiger partial charge in [0, 0.05) is 22.6 Å². The van der Waals surface area contributed by atoms with Crippen LogP contribution in [0.1, 0.15) is 0 Å². The van der Waals surface area contributed by atoms with Gasteiger partial charge in [-0.3, -0.25) is 0 Å². The van der Waals surface area contributed by atoms with Gasteiger partial charge in [-0.1, -0.05) is 36.4 Å². The molecule has 0 saturated heterocycles. The minimum absolute atomic E-state index is 1.63. The normalized spacial score (nSPS) is 13.1. The van der Waals surface area contributed by atoms with Gasteiger partial charge in [-0.05, 0) is 10.8 Å². The average Bonchev–Trinajstić information content (AvgIpc) is 2.64. The van der Waals surface area contributed by atoms with Gasteiger partial charge in [0.25, 0.3) is 0 Å². The summed E-state index contributed by atoms with van der Waals surface area (Å²) < 4.78 is 2.92. The van der Waals surface area contributed by atoms with Gasteiger partial charge in [0.15, 0.2) is 0 Å². The van der Waals surface area contributed by atoms with Crippen molar-refractivity contribution in [3.8, 4) is 0 Å². The Hall–Kier alpha value is -0.540. The Morgan fingerprint density at radius 2 is 1.36 bits per heavy atom. The third-order valence-corrected chi connectivity index (χ3v) is 2.44. The van der Waals surface area contributed by atoms with Crippen molar-refractivity contribution >= 4 is 21.8 Å². The van der Waals surface area contributed by atoms with E-state index in [0.717, 1.165) is 0 Å². The summed E-state index contributed by atoms with van der Waals surface area (Å²) in [7, 11) is 3.33. The predicted octanol–water partition coefficient (Wildman–Crippen LogP) is 3.04. The van der Waals surface area contributed by atoms with Crippen molar-refractivity contribution in [2.24, 2.45) is 0 Å². The minimum Gasteiger partial charge on any atom is -0.327 e. The van der Waals surface area contributed by atoms with E-state index in [0.29, 0.717) is 0 Å². The Morgan fingerprint density at radius 3 is 1.55 bits per heavy atom. The van der Waals surface area contributed by atoms with Crippen LogP contribution >= 0.6 is 21.8 Å². The summed E-state index contributed by atoms with van der Waals surface area (Å²) in [5.74, 6) is 0. The third kappa shape index (κ3) is 4.81. The van der Waals surface area contributed by atoms with Crippen LogP contribution in [0.2, 0.25) is 0 Å². The molecule has 0 spiro atoms. The Bertz CT molecular complexity index is 166. The molecule has 0 atom stereocenters. The van der Waals surface area contributed by atoms with E-state index in [1.165, 1.54) is 0 Å². The standard InChI is InChI=1S/C6H6.C2H3NS2/c1-2-4-6-5-3-1;1-2-4-5-3-1/h1-6H;1-3H. The van der Waals surface area contributed by atoms with Crippen LogP contribution in [0.5, 0.6) is 0 Å². The van der Waals surface area contributed by atoms with E-state index in [4.69, 9.17) is 0 Å². The van der Waals surface area contributed by atoms with Gasteiger partial charge in [-0.2, -0.15) is 0 Å². The second kappa shape index (κ2) is 6.19. The second-order valence-electron chi connectivity index (χ2n) is 1.75. The molecule has 0 radical (unpaired) electrons. The summed E-state index contributed by atoms with van der Waals surface area (Å²) in [5.41, 5.74) is 0. The summed E-state index contributed by atoms with van der Waals surface area (Å²) >= 11 is 0. The summed E-state index contributed by atoms with van der Waals surface area (Å²) in [6.07, 6.45) is 1.91. The van der Waals surface area contributed by atoms with Crippen molar-refractivity contribution in [1.29, 1.82) is 0 Å². The van der Waals surface area contributed by atoms with Gasteiger partial charge in [0.1, 0.15) is 0 Å². The molecular formula is C8H9NS2. The number of rotatable bonds is 0. The fourth-order valence-electron chi connectivity index (χ4n) is 0.524. The van der Waals surface area contributed by atoms with Gasteiger partial charge in [-0.15, -0.1) is 0 Å². The van der Waals surface area contributed by atoms with Crippen molar-refractivity contribution in [3.63, 3.8) is 0 Å². The quantitative estimate of drug-likeness (QED) is 0.490. The zero-order valence-corrected chi connectivity index (χ0v) is 7.57. The molecule has 0 fully saturated rings. The maximum absolute atomic E-state index is 2.92. The highest BCUT2D eigenvalue weighted by Crippen LogP contribution is 2.22. The minimum atomic E-state index is 1.63. The number of hydrogen-bond donors (Lipinski definition) is 1. The van der Waals surface area contributed by atoms with E-state index in [2.05, 4.69) is 4.72 Å². The summed E-state index contributed by atoms with van der Waals surface area (Å²) in [6.45, 7) is 0. The lowest BCUT2D eigenvalue weighted by Crippen LogP contribution is -1.76. The van der Waals surface area contributed by atoms with Crippen LogP contribution in [0, 0.1) is 0 Å². The van der Waals surface area contributed by atoms with Crippen molar-refractivity contribution in [2.45, 2.75) is 0 Å². The zero-order chi connectivity index (χ0) is 7.78. The van der Waals surface area contributed by atoms with Gasteiger partial charge < -0.3 is 4.72 Å². The maximum atomic E-state index is 2.92. The van der Waals surface area contributed by atoms with Crippen molar-refractivity contribution < 1.29 is 0 Å². The molecule has 1 aromatic rings. The zero-order valence-electron chi connectivity index (χ0n) is 5.94. The summed E-state index contributed by atoms with van der Waals surface area (Å²) in [4.78, 5) is 0.